The standard InChI is InChI=1S/C17H26N2O2/c1-17(2,3)15-9-4-5-10-16(15)18-12-13-7-6-8-14(11-13)19(20)21/h6-8,11,15-16,18H,4-5,9-10,12H2,1-3H3. The molecule has 0 heterocycles. The molecule has 1 aliphatic rings. The molecule has 1 aromatic carbocycles. The third-order valence-corrected chi connectivity index (χ3v) is 4.57. The van der Waals surface area contributed by atoms with Crippen LogP contribution in [0.25, 0.3) is 0 Å². The van der Waals surface area contributed by atoms with Crippen LogP contribution in [0.2, 0.25) is 0 Å². The summed E-state index contributed by atoms with van der Waals surface area (Å²) in [5.74, 6) is 0.671. The van der Waals surface area contributed by atoms with Crippen LogP contribution in [-0.4, -0.2) is 11.0 Å². The van der Waals surface area contributed by atoms with Crippen molar-refractivity contribution in [2.24, 2.45) is 11.3 Å². The summed E-state index contributed by atoms with van der Waals surface area (Å²) in [4.78, 5) is 10.5. The normalized spacial score (nSPS) is 23.0. The largest absolute Gasteiger partial charge is 0.310 e. The van der Waals surface area contributed by atoms with Gasteiger partial charge in [-0.25, -0.2) is 0 Å². The minimum Gasteiger partial charge on any atom is -0.310 e. The fourth-order valence-electron chi connectivity index (χ4n) is 3.44. The number of hydrogen-bond donors (Lipinski definition) is 1. The molecule has 0 aromatic heterocycles. The van der Waals surface area contributed by atoms with Crippen LogP contribution in [0.4, 0.5) is 5.69 Å². The quantitative estimate of drug-likeness (QED) is 0.665. The van der Waals surface area contributed by atoms with E-state index in [-0.39, 0.29) is 10.6 Å². The van der Waals surface area contributed by atoms with Crippen LogP contribution < -0.4 is 5.32 Å². The van der Waals surface area contributed by atoms with Crippen molar-refractivity contribution in [3.63, 3.8) is 0 Å². The second-order valence-electron chi connectivity index (χ2n) is 7.17. The predicted octanol–water partition coefficient (Wildman–Crippen LogP) is 4.29. The van der Waals surface area contributed by atoms with Crippen LogP contribution in [0.3, 0.4) is 0 Å². The van der Waals surface area contributed by atoms with Gasteiger partial charge in [0.15, 0.2) is 0 Å². The molecule has 4 nitrogen and oxygen atoms in total. The molecule has 1 fully saturated rings. The highest BCUT2D eigenvalue weighted by Crippen LogP contribution is 2.38. The Labute approximate surface area is 127 Å². The molecule has 2 atom stereocenters. The van der Waals surface area contributed by atoms with Gasteiger partial charge >= 0.3 is 0 Å². The Kier molecular flexibility index (Phi) is 4.99. The fraction of sp³-hybridized carbons (Fsp3) is 0.647. The van der Waals surface area contributed by atoms with E-state index in [0.29, 0.717) is 23.9 Å². The van der Waals surface area contributed by atoms with Gasteiger partial charge in [0, 0.05) is 24.7 Å². The highest BCUT2D eigenvalue weighted by atomic mass is 16.6. The zero-order chi connectivity index (χ0) is 15.5. The van der Waals surface area contributed by atoms with Crippen molar-refractivity contribution in [1.82, 2.24) is 5.32 Å². The summed E-state index contributed by atoms with van der Waals surface area (Å²) < 4.78 is 0. The number of nitro benzene ring substituents is 1. The van der Waals surface area contributed by atoms with Gasteiger partial charge in [-0.2, -0.15) is 0 Å². The van der Waals surface area contributed by atoms with Crippen molar-refractivity contribution in [1.29, 1.82) is 0 Å². The van der Waals surface area contributed by atoms with Gasteiger partial charge in [0.05, 0.1) is 4.92 Å². The van der Waals surface area contributed by atoms with Gasteiger partial charge in [0.1, 0.15) is 0 Å². The molecule has 1 N–H and O–H groups in total. The van der Waals surface area contributed by atoms with Gasteiger partial charge in [0.25, 0.3) is 5.69 Å². The van der Waals surface area contributed by atoms with E-state index in [9.17, 15) is 10.1 Å². The first kappa shape index (κ1) is 16.0. The van der Waals surface area contributed by atoms with Crippen LogP contribution in [-0.2, 0) is 6.54 Å². The summed E-state index contributed by atoms with van der Waals surface area (Å²) in [5, 5.41) is 14.5. The fourth-order valence-corrected chi connectivity index (χ4v) is 3.44. The molecule has 0 aliphatic heterocycles. The van der Waals surface area contributed by atoms with Gasteiger partial charge in [-0.3, -0.25) is 10.1 Å². The molecule has 116 valence electrons. The van der Waals surface area contributed by atoms with Crippen molar-refractivity contribution >= 4 is 5.69 Å². The average molecular weight is 290 g/mol. The Balaban J connectivity index is 2.01. The van der Waals surface area contributed by atoms with Crippen LogP contribution in [0, 0.1) is 21.4 Å². The summed E-state index contributed by atoms with van der Waals surface area (Å²) in [6.07, 6.45) is 5.07. The smallest absolute Gasteiger partial charge is 0.269 e. The monoisotopic (exact) mass is 290 g/mol. The van der Waals surface area contributed by atoms with Crippen molar-refractivity contribution in [3.8, 4) is 0 Å². The molecule has 1 saturated carbocycles. The van der Waals surface area contributed by atoms with E-state index in [0.717, 1.165) is 5.56 Å². The summed E-state index contributed by atoms with van der Waals surface area (Å²) >= 11 is 0. The third kappa shape index (κ3) is 4.27. The van der Waals surface area contributed by atoms with E-state index in [1.165, 1.54) is 25.7 Å². The summed E-state index contributed by atoms with van der Waals surface area (Å²) in [6, 6.07) is 7.44. The molecule has 2 rings (SSSR count). The van der Waals surface area contributed by atoms with Gasteiger partial charge in [0.2, 0.25) is 0 Å². The molecule has 1 aromatic rings. The minimum atomic E-state index is -0.331. The summed E-state index contributed by atoms with van der Waals surface area (Å²) in [7, 11) is 0. The molecule has 21 heavy (non-hydrogen) atoms. The van der Waals surface area contributed by atoms with Crippen molar-refractivity contribution in [3.05, 3.63) is 39.9 Å². The first-order chi connectivity index (χ1) is 9.88. The Morgan fingerprint density at radius 2 is 2.00 bits per heavy atom. The zero-order valence-corrected chi connectivity index (χ0v) is 13.3. The molecular formula is C17H26N2O2. The lowest BCUT2D eigenvalue weighted by molar-refractivity contribution is -0.384. The van der Waals surface area contributed by atoms with Gasteiger partial charge < -0.3 is 5.32 Å². The van der Waals surface area contributed by atoms with E-state index in [1.54, 1.807) is 18.2 Å². The first-order valence-electron chi connectivity index (χ1n) is 7.84. The van der Waals surface area contributed by atoms with Crippen LogP contribution >= 0.6 is 0 Å². The summed E-state index contributed by atoms with van der Waals surface area (Å²) in [5.41, 5.74) is 1.47. The molecule has 0 radical (unpaired) electrons. The molecule has 0 saturated heterocycles. The number of nitro groups is 1. The molecule has 2 unspecified atom stereocenters. The average Bonchev–Trinajstić information content (AvgIpc) is 2.45. The maximum atomic E-state index is 10.8. The zero-order valence-electron chi connectivity index (χ0n) is 13.3. The molecule has 4 heteroatoms. The van der Waals surface area contributed by atoms with E-state index in [4.69, 9.17) is 0 Å². The minimum absolute atomic E-state index is 0.172. The van der Waals surface area contributed by atoms with E-state index in [2.05, 4.69) is 26.1 Å². The Bertz CT molecular complexity index is 494. The lowest BCUT2D eigenvalue weighted by Gasteiger charge is -2.41. The van der Waals surface area contributed by atoms with Crippen molar-refractivity contribution in [2.45, 2.75) is 59.0 Å². The Hall–Kier alpha value is -1.42. The molecule has 0 bridgehead atoms. The molecule has 1 aliphatic carbocycles. The number of hydrogen-bond acceptors (Lipinski definition) is 3. The SMILES string of the molecule is CC(C)(C)C1CCCCC1NCc1cccc([N+](=O)[O-])c1. The number of non-ortho nitro benzene ring substituents is 1. The van der Waals surface area contributed by atoms with Crippen LogP contribution in [0.15, 0.2) is 24.3 Å². The summed E-state index contributed by atoms with van der Waals surface area (Å²) in [6.45, 7) is 7.64. The van der Waals surface area contributed by atoms with E-state index < -0.39 is 0 Å². The van der Waals surface area contributed by atoms with Crippen LogP contribution in [0.5, 0.6) is 0 Å². The van der Waals surface area contributed by atoms with Gasteiger partial charge in [-0.05, 0) is 29.7 Å². The maximum absolute atomic E-state index is 10.8. The molecule has 0 spiro atoms. The number of nitrogens with one attached hydrogen (secondary N) is 1. The maximum Gasteiger partial charge on any atom is 0.269 e. The second-order valence-corrected chi connectivity index (χ2v) is 7.17. The van der Waals surface area contributed by atoms with Gasteiger partial charge in [-0.15, -0.1) is 0 Å². The Morgan fingerprint density at radius 3 is 2.67 bits per heavy atom. The number of benzene rings is 1. The first-order valence-corrected chi connectivity index (χ1v) is 7.84. The molecular weight excluding hydrogens is 264 g/mol. The van der Waals surface area contributed by atoms with Gasteiger partial charge in [-0.1, -0.05) is 45.7 Å². The lowest BCUT2D eigenvalue weighted by atomic mass is 9.69. The number of nitrogens with zero attached hydrogens (tertiary/aromatic N) is 1. The highest BCUT2D eigenvalue weighted by molar-refractivity contribution is 5.34. The predicted molar refractivity (Wildman–Crippen MR) is 85.1 cm³/mol. The highest BCUT2D eigenvalue weighted by Gasteiger charge is 2.33. The third-order valence-electron chi connectivity index (χ3n) is 4.57. The second kappa shape index (κ2) is 6.56. The topological polar surface area (TPSA) is 55.2 Å². The van der Waals surface area contributed by atoms with E-state index in [1.807, 2.05) is 6.07 Å². The van der Waals surface area contributed by atoms with E-state index >= 15 is 0 Å². The van der Waals surface area contributed by atoms with Crippen molar-refractivity contribution in [2.75, 3.05) is 0 Å². The molecule has 0 amide bonds. The lowest BCUT2D eigenvalue weighted by Crippen LogP contribution is -2.43. The van der Waals surface area contributed by atoms with Crippen LogP contribution in [0.1, 0.15) is 52.0 Å². The van der Waals surface area contributed by atoms with Crippen molar-refractivity contribution < 1.29 is 4.92 Å². The Morgan fingerprint density at radius 1 is 1.29 bits per heavy atom. The number of rotatable bonds is 4.